The summed E-state index contributed by atoms with van der Waals surface area (Å²) >= 11 is 1.61. The molecule has 1 aromatic heterocycles. The lowest BCUT2D eigenvalue weighted by molar-refractivity contribution is 0.597. The number of aromatic nitrogens is 1. The summed E-state index contributed by atoms with van der Waals surface area (Å²) in [5.74, 6) is 0. The number of primary sulfonamides is 1. The second-order valence-electron chi connectivity index (χ2n) is 4.77. The van der Waals surface area contributed by atoms with E-state index < -0.39 is 10.0 Å². The lowest BCUT2D eigenvalue weighted by Crippen LogP contribution is -2.16. The molecule has 0 aliphatic rings. The van der Waals surface area contributed by atoms with Gasteiger partial charge in [-0.15, -0.1) is 11.3 Å². The summed E-state index contributed by atoms with van der Waals surface area (Å²) < 4.78 is 23.1. The molecule has 0 fully saturated rings. The van der Waals surface area contributed by atoms with Gasteiger partial charge in [0.15, 0.2) is 0 Å². The summed E-state index contributed by atoms with van der Waals surface area (Å²) in [6.45, 7) is 4.30. The van der Waals surface area contributed by atoms with E-state index in [9.17, 15) is 8.42 Å². The first-order valence-electron chi connectivity index (χ1n) is 6.35. The topological polar surface area (TPSA) is 111 Å². The maximum Gasteiger partial charge on any atom is 0.238 e. The summed E-state index contributed by atoms with van der Waals surface area (Å²) in [5, 5.41) is 11.4. The predicted molar refractivity (Wildman–Crippen MR) is 86.0 cm³/mol. The fourth-order valence-electron chi connectivity index (χ4n) is 2.04. The van der Waals surface area contributed by atoms with Crippen LogP contribution in [0.25, 0.3) is 0 Å². The van der Waals surface area contributed by atoms with Crippen molar-refractivity contribution in [1.82, 2.24) is 4.98 Å². The molecule has 0 spiro atoms. The Morgan fingerprint density at radius 2 is 2.05 bits per heavy atom. The van der Waals surface area contributed by atoms with Crippen molar-refractivity contribution < 1.29 is 8.42 Å². The molecule has 1 aromatic carbocycles. The van der Waals surface area contributed by atoms with Gasteiger partial charge < -0.3 is 11.1 Å². The minimum absolute atomic E-state index is 0.0505. The summed E-state index contributed by atoms with van der Waals surface area (Å²) in [6.07, 6.45) is 0.753. The van der Waals surface area contributed by atoms with Gasteiger partial charge in [0.25, 0.3) is 0 Å². The average Bonchev–Trinajstić information content (AvgIpc) is 2.77. The lowest BCUT2D eigenvalue weighted by atomic mass is 10.1. The molecule has 5 N–H and O–H groups in total. The lowest BCUT2D eigenvalue weighted by Gasteiger charge is -2.13. The van der Waals surface area contributed by atoms with Gasteiger partial charge >= 0.3 is 0 Å². The van der Waals surface area contributed by atoms with E-state index in [1.54, 1.807) is 24.3 Å². The van der Waals surface area contributed by atoms with Gasteiger partial charge in [-0.25, -0.2) is 18.5 Å². The SMILES string of the molecule is Cc1nc(CCNc2cc(N)cc(S(N)(=O)=O)c2C)cs1. The zero-order valence-corrected chi connectivity index (χ0v) is 13.5. The van der Waals surface area contributed by atoms with E-state index in [-0.39, 0.29) is 4.90 Å². The molecule has 114 valence electrons. The Labute approximate surface area is 128 Å². The number of aryl methyl sites for hydroxylation is 1. The van der Waals surface area contributed by atoms with Crippen molar-refractivity contribution in [3.8, 4) is 0 Å². The number of nitrogens with two attached hydrogens (primary N) is 2. The molecule has 0 bridgehead atoms. The number of rotatable bonds is 5. The molecule has 0 saturated carbocycles. The van der Waals surface area contributed by atoms with Crippen LogP contribution in [-0.4, -0.2) is 19.9 Å². The smallest absolute Gasteiger partial charge is 0.238 e. The Morgan fingerprint density at radius 3 is 2.62 bits per heavy atom. The molecule has 0 saturated heterocycles. The van der Waals surface area contributed by atoms with Gasteiger partial charge in [-0.2, -0.15) is 0 Å². The first-order chi connectivity index (χ1) is 9.77. The zero-order valence-electron chi connectivity index (χ0n) is 11.9. The van der Waals surface area contributed by atoms with Crippen LogP contribution in [0.2, 0.25) is 0 Å². The van der Waals surface area contributed by atoms with E-state index in [2.05, 4.69) is 10.3 Å². The molecule has 2 aromatic rings. The third-order valence-corrected chi connectivity index (χ3v) is 4.91. The second kappa shape index (κ2) is 6.00. The van der Waals surface area contributed by atoms with Crippen molar-refractivity contribution in [3.05, 3.63) is 33.8 Å². The molecule has 0 radical (unpaired) electrons. The van der Waals surface area contributed by atoms with Crippen molar-refractivity contribution in [3.63, 3.8) is 0 Å². The summed E-state index contributed by atoms with van der Waals surface area (Å²) in [7, 11) is -3.78. The predicted octanol–water partition coefficient (Wildman–Crippen LogP) is 1.64. The highest BCUT2D eigenvalue weighted by Crippen LogP contribution is 2.26. The number of nitrogens with zero attached hydrogens (tertiary/aromatic N) is 1. The molecule has 2 rings (SSSR count). The largest absolute Gasteiger partial charge is 0.399 e. The third-order valence-electron chi connectivity index (χ3n) is 3.05. The van der Waals surface area contributed by atoms with Crippen molar-refractivity contribution in [2.45, 2.75) is 25.2 Å². The molecular formula is C13H18N4O2S2. The van der Waals surface area contributed by atoms with Crippen LogP contribution in [-0.2, 0) is 16.4 Å². The summed E-state index contributed by atoms with van der Waals surface area (Å²) in [5.41, 5.74) is 8.35. The first-order valence-corrected chi connectivity index (χ1v) is 8.78. The summed E-state index contributed by atoms with van der Waals surface area (Å²) in [4.78, 5) is 4.43. The molecule has 8 heteroatoms. The number of hydrogen-bond acceptors (Lipinski definition) is 6. The van der Waals surface area contributed by atoms with Crippen LogP contribution in [0, 0.1) is 13.8 Å². The zero-order chi connectivity index (χ0) is 15.6. The Morgan fingerprint density at radius 1 is 1.33 bits per heavy atom. The highest BCUT2D eigenvalue weighted by Gasteiger charge is 2.15. The van der Waals surface area contributed by atoms with Gasteiger partial charge in [-0.3, -0.25) is 0 Å². The number of nitrogens with one attached hydrogen (secondary N) is 1. The quantitative estimate of drug-likeness (QED) is 0.723. The minimum atomic E-state index is -3.78. The van der Waals surface area contributed by atoms with E-state index in [0.29, 0.717) is 23.5 Å². The van der Waals surface area contributed by atoms with E-state index in [4.69, 9.17) is 10.9 Å². The molecular weight excluding hydrogens is 308 g/mol. The fraction of sp³-hybridized carbons (Fsp3) is 0.308. The average molecular weight is 326 g/mol. The number of sulfonamides is 1. The monoisotopic (exact) mass is 326 g/mol. The van der Waals surface area contributed by atoms with Crippen molar-refractivity contribution in [1.29, 1.82) is 0 Å². The molecule has 6 nitrogen and oxygen atoms in total. The Bertz CT molecular complexity index is 754. The normalized spacial score (nSPS) is 11.6. The number of hydrogen-bond donors (Lipinski definition) is 3. The molecule has 0 atom stereocenters. The Kier molecular flexibility index (Phi) is 4.50. The van der Waals surface area contributed by atoms with Crippen LogP contribution in [0.15, 0.2) is 22.4 Å². The van der Waals surface area contributed by atoms with E-state index in [1.165, 1.54) is 6.07 Å². The van der Waals surface area contributed by atoms with Gasteiger partial charge in [-0.1, -0.05) is 0 Å². The van der Waals surface area contributed by atoms with Crippen LogP contribution in [0.4, 0.5) is 11.4 Å². The molecule has 0 aliphatic heterocycles. The van der Waals surface area contributed by atoms with Crippen molar-refractivity contribution >= 4 is 32.7 Å². The highest BCUT2D eigenvalue weighted by molar-refractivity contribution is 7.89. The van der Waals surface area contributed by atoms with Gasteiger partial charge in [-0.05, 0) is 31.5 Å². The maximum absolute atomic E-state index is 11.5. The summed E-state index contributed by atoms with van der Waals surface area (Å²) in [6, 6.07) is 3.08. The van der Waals surface area contributed by atoms with Crippen LogP contribution < -0.4 is 16.2 Å². The number of benzene rings is 1. The van der Waals surface area contributed by atoms with Gasteiger partial charge in [0.05, 0.1) is 15.6 Å². The van der Waals surface area contributed by atoms with E-state index in [0.717, 1.165) is 17.1 Å². The van der Waals surface area contributed by atoms with Crippen LogP contribution in [0.1, 0.15) is 16.3 Å². The van der Waals surface area contributed by atoms with E-state index in [1.807, 2.05) is 12.3 Å². The molecule has 1 heterocycles. The van der Waals surface area contributed by atoms with Crippen LogP contribution >= 0.6 is 11.3 Å². The molecule has 0 aliphatic carbocycles. The van der Waals surface area contributed by atoms with Crippen molar-refractivity contribution in [2.24, 2.45) is 5.14 Å². The Hall–Kier alpha value is -1.64. The minimum Gasteiger partial charge on any atom is -0.399 e. The van der Waals surface area contributed by atoms with Crippen LogP contribution in [0.3, 0.4) is 0 Å². The first kappa shape index (κ1) is 15.7. The number of thiazole rings is 1. The molecule has 21 heavy (non-hydrogen) atoms. The van der Waals surface area contributed by atoms with Gasteiger partial charge in [0.2, 0.25) is 10.0 Å². The Balaban J connectivity index is 2.15. The number of nitrogen functional groups attached to an aromatic ring is 1. The van der Waals surface area contributed by atoms with Crippen LogP contribution in [0.5, 0.6) is 0 Å². The van der Waals surface area contributed by atoms with E-state index >= 15 is 0 Å². The number of anilines is 2. The van der Waals surface area contributed by atoms with Gasteiger partial charge in [0.1, 0.15) is 0 Å². The maximum atomic E-state index is 11.5. The second-order valence-corrected chi connectivity index (χ2v) is 7.36. The highest BCUT2D eigenvalue weighted by atomic mass is 32.2. The standard InChI is InChI=1S/C13H18N4O2S2/c1-8-12(5-10(14)6-13(8)21(15,18)19)16-4-3-11-7-20-9(2)17-11/h5-7,16H,3-4,14H2,1-2H3,(H2,15,18,19). The van der Waals surface area contributed by atoms with Crippen molar-refractivity contribution in [2.75, 3.05) is 17.6 Å². The molecule has 0 amide bonds. The third kappa shape index (κ3) is 3.93. The fourth-order valence-corrected chi connectivity index (χ4v) is 3.52. The van der Waals surface area contributed by atoms with Gasteiger partial charge in [0, 0.05) is 29.7 Å². The molecule has 0 unspecified atom stereocenters.